The second-order valence-corrected chi connectivity index (χ2v) is 8.74. The molecule has 0 aromatic carbocycles. The van der Waals surface area contributed by atoms with Crippen molar-refractivity contribution in [3.8, 4) is 0 Å². The van der Waals surface area contributed by atoms with Gasteiger partial charge in [-0.15, -0.1) is 11.3 Å². The number of piperidine rings is 1. The third-order valence-electron chi connectivity index (χ3n) is 5.28. The summed E-state index contributed by atoms with van der Waals surface area (Å²) < 4.78 is 5.12. The van der Waals surface area contributed by atoms with Gasteiger partial charge in [0.25, 0.3) is 0 Å². The Labute approximate surface area is 179 Å². The lowest BCUT2D eigenvalue weighted by atomic mass is 10.0. The number of carbonyl (C=O) groups is 1. The van der Waals surface area contributed by atoms with Crippen LogP contribution in [0.4, 0.5) is 0 Å². The number of aliphatic imine (C=N–C) groups is 1. The van der Waals surface area contributed by atoms with Gasteiger partial charge in [-0.05, 0) is 60.9 Å². The molecule has 164 valence electrons. The average molecular weight is 424 g/mol. The summed E-state index contributed by atoms with van der Waals surface area (Å²) in [5.74, 6) is 0.480. The standard InChI is InChI=1S/C21H37N5O2S/c1-7-22-21(23-13-15(4)26-12-10-9-11-14(26)3)25-17(6)19-24-16(5)18(29-19)20(27)28-8-2/h14-15,17H,7-13H2,1-6H3,(H2,22,23,25). The Bertz CT molecular complexity index is 691. The summed E-state index contributed by atoms with van der Waals surface area (Å²) in [5, 5.41) is 7.61. The van der Waals surface area contributed by atoms with Crippen molar-refractivity contribution in [2.45, 2.75) is 78.9 Å². The molecule has 29 heavy (non-hydrogen) atoms. The van der Waals surface area contributed by atoms with Crippen LogP contribution in [0.5, 0.6) is 0 Å². The number of rotatable bonds is 8. The van der Waals surface area contributed by atoms with Gasteiger partial charge >= 0.3 is 5.97 Å². The quantitative estimate of drug-likeness (QED) is 0.378. The number of ether oxygens (including phenoxy) is 1. The third-order valence-corrected chi connectivity index (χ3v) is 6.60. The molecule has 1 aliphatic heterocycles. The second-order valence-electron chi connectivity index (χ2n) is 7.70. The second kappa shape index (κ2) is 11.5. The van der Waals surface area contributed by atoms with Crippen molar-refractivity contribution in [3.05, 3.63) is 15.6 Å². The summed E-state index contributed by atoms with van der Waals surface area (Å²) in [4.78, 5) is 24.6. The van der Waals surface area contributed by atoms with Gasteiger partial charge in [-0.3, -0.25) is 9.89 Å². The Morgan fingerprint density at radius 1 is 1.38 bits per heavy atom. The topological polar surface area (TPSA) is 78.9 Å². The van der Waals surface area contributed by atoms with Gasteiger partial charge in [0.1, 0.15) is 9.88 Å². The smallest absolute Gasteiger partial charge is 0.350 e. The van der Waals surface area contributed by atoms with Crippen LogP contribution in [0, 0.1) is 6.92 Å². The van der Waals surface area contributed by atoms with E-state index in [1.807, 2.05) is 20.8 Å². The zero-order chi connectivity index (χ0) is 21.4. The molecular weight excluding hydrogens is 386 g/mol. The van der Waals surface area contributed by atoms with Gasteiger partial charge in [-0.2, -0.15) is 0 Å². The minimum Gasteiger partial charge on any atom is -0.462 e. The van der Waals surface area contributed by atoms with Gasteiger partial charge in [0.05, 0.1) is 24.9 Å². The molecule has 1 aromatic rings. The fourth-order valence-electron chi connectivity index (χ4n) is 3.68. The highest BCUT2D eigenvalue weighted by molar-refractivity contribution is 7.13. The lowest BCUT2D eigenvalue weighted by molar-refractivity contribution is 0.0531. The first-order valence-corrected chi connectivity index (χ1v) is 11.6. The van der Waals surface area contributed by atoms with Crippen molar-refractivity contribution >= 4 is 23.3 Å². The van der Waals surface area contributed by atoms with E-state index < -0.39 is 0 Å². The highest BCUT2D eigenvalue weighted by Crippen LogP contribution is 2.24. The molecule has 2 N–H and O–H groups in total. The molecule has 0 aliphatic carbocycles. The predicted molar refractivity (Wildman–Crippen MR) is 120 cm³/mol. The van der Waals surface area contributed by atoms with Crippen LogP contribution in [0.3, 0.4) is 0 Å². The number of hydrogen-bond donors (Lipinski definition) is 2. The molecule has 0 bridgehead atoms. The van der Waals surface area contributed by atoms with Crippen LogP contribution < -0.4 is 10.6 Å². The Morgan fingerprint density at radius 2 is 2.14 bits per heavy atom. The number of nitrogens with zero attached hydrogens (tertiary/aromatic N) is 3. The Morgan fingerprint density at radius 3 is 2.79 bits per heavy atom. The lowest BCUT2D eigenvalue weighted by Gasteiger charge is -2.37. The zero-order valence-corrected chi connectivity index (χ0v) is 19.6. The van der Waals surface area contributed by atoms with Gasteiger partial charge in [-0.25, -0.2) is 9.78 Å². The van der Waals surface area contributed by atoms with Crippen molar-refractivity contribution < 1.29 is 9.53 Å². The predicted octanol–water partition coefficient (Wildman–Crippen LogP) is 3.51. The maximum atomic E-state index is 12.1. The van der Waals surface area contributed by atoms with E-state index in [-0.39, 0.29) is 12.0 Å². The molecule has 0 saturated carbocycles. The average Bonchev–Trinajstić information content (AvgIpc) is 3.08. The molecule has 0 spiro atoms. The van der Waals surface area contributed by atoms with Crippen LogP contribution >= 0.6 is 11.3 Å². The summed E-state index contributed by atoms with van der Waals surface area (Å²) >= 11 is 1.38. The molecule has 7 nitrogen and oxygen atoms in total. The van der Waals surface area contributed by atoms with Crippen molar-refractivity contribution in [1.29, 1.82) is 0 Å². The molecule has 0 radical (unpaired) electrons. The van der Waals surface area contributed by atoms with Gasteiger partial charge < -0.3 is 15.4 Å². The van der Waals surface area contributed by atoms with Gasteiger partial charge in [0.15, 0.2) is 5.96 Å². The molecule has 1 aliphatic rings. The van der Waals surface area contributed by atoms with Gasteiger partial charge in [0, 0.05) is 18.6 Å². The van der Waals surface area contributed by atoms with Crippen LogP contribution in [0.15, 0.2) is 4.99 Å². The summed E-state index contributed by atoms with van der Waals surface area (Å²) in [6.45, 7) is 15.4. The molecule has 3 unspecified atom stereocenters. The van der Waals surface area contributed by atoms with Crippen molar-refractivity contribution in [3.63, 3.8) is 0 Å². The van der Waals surface area contributed by atoms with Crippen molar-refractivity contribution in [2.75, 3.05) is 26.2 Å². The van der Waals surface area contributed by atoms with E-state index in [0.29, 0.717) is 29.3 Å². The Hall–Kier alpha value is -1.67. The zero-order valence-electron chi connectivity index (χ0n) is 18.7. The number of likely N-dealkylation sites (tertiary alicyclic amines) is 1. The Kier molecular flexibility index (Phi) is 9.36. The number of esters is 1. The van der Waals surface area contributed by atoms with Crippen LogP contribution in [0.1, 0.15) is 80.3 Å². The number of hydrogen-bond acceptors (Lipinski definition) is 6. The number of carbonyl (C=O) groups excluding carboxylic acids is 1. The van der Waals surface area contributed by atoms with E-state index in [2.05, 4.69) is 41.3 Å². The van der Waals surface area contributed by atoms with E-state index in [4.69, 9.17) is 9.73 Å². The van der Waals surface area contributed by atoms with Gasteiger partial charge in [0.2, 0.25) is 0 Å². The first-order chi connectivity index (χ1) is 13.9. The van der Waals surface area contributed by atoms with E-state index in [9.17, 15) is 4.79 Å². The van der Waals surface area contributed by atoms with Crippen LogP contribution in [-0.4, -0.2) is 60.1 Å². The molecule has 1 saturated heterocycles. The van der Waals surface area contributed by atoms with E-state index >= 15 is 0 Å². The van der Waals surface area contributed by atoms with Gasteiger partial charge in [-0.1, -0.05) is 6.42 Å². The largest absolute Gasteiger partial charge is 0.462 e. The van der Waals surface area contributed by atoms with Crippen LogP contribution in [0.2, 0.25) is 0 Å². The molecular formula is C21H37N5O2S. The summed E-state index contributed by atoms with van der Waals surface area (Å²) in [6, 6.07) is 0.987. The van der Waals surface area contributed by atoms with E-state index in [1.54, 1.807) is 0 Å². The summed E-state index contributed by atoms with van der Waals surface area (Å²) in [6.07, 6.45) is 3.88. The van der Waals surface area contributed by atoms with Crippen molar-refractivity contribution in [1.82, 2.24) is 20.5 Å². The molecule has 1 fully saturated rings. The lowest BCUT2D eigenvalue weighted by Crippen LogP contribution is -2.46. The molecule has 2 rings (SSSR count). The fraction of sp³-hybridized carbons (Fsp3) is 0.762. The molecule has 8 heteroatoms. The summed E-state index contributed by atoms with van der Waals surface area (Å²) in [7, 11) is 0. The first-order valence-electron chi connectivity index (χ1n) is 10.8. The number of guanidine groups is 1. The summed E-state index contributed by atoms with van der Waals surface area (Å²) in [5.41, 5.74) is 0.715. The Balaban J connectivity index is 2.02. The molecule has 0 amide bonds. The SMILES string of the molecule is CCNC(=NCC(C)N1CCCCC1C)NC(C)c1nc(C)c(C(=O)OCC)s1. The number of nitrogens with one attached hydrogen (secondary N) is 2. The van der Waals surface area contributed by atoms with Crippen LogP contribution in [-0.2, 0) is 4.74 Å². The van der Waals surface area contributed by atoms with Crippen molar-refractivity contribution in [2.24, 2.45) is 4.99 Å². The first kappa shape index (κ1) is 23.6. The highest BCUT2D eigenvalue weighted by Gasteiger charge is 2.23. The fourth-order valence-corrected chi connectivity index (χ4v) is 4.64. The molecule has 3 atom stereocenters. The highest BCUT2D eigenvalue weighted by atomic mass is 32.1. The maximum absolute atomic E-state index is 12.1. The monoisotopic (exact) mass is 423 g/mol. The van der Waals surface area contributed by atoms with E-state index in [0.717, 1.165) is 30.6 Å². The minimum absolute atomic E-state index is 0.0520. The third kappa shape index (κ3) is 6.67. The number of thiazole rings is 1. The molecule has 1 aromatic heterocycles. The number of aryl methyl sites for hydroxylation is 1. The normalized spacial score (nSPS) is 20.2. The molecule has 2 heterocycles. The maximum Gasteiger partial charge on any atom is 0.350 e. The number of aromatic nitrogens is 1. The van der Waals surface area contributed by atoms with Crippen LogP contribution in [0.25, 0.3) is 0 Å². The minimum atomic E-state index is -0.300. The van der Waals surface area contributed by atoms with E-state index in [1.165, 1.54) is 30.6 Å².